The van der Waals surface area contributed by atoms with E-state index >= 15 is 0 Å². The van der Waals surface area contributed by atoms with Gasteiger partial charge in [0.25, 0.3) is 0 Å². The lowest BCUT2D eigenvalue weighted by Gasteiger charge is -2.45. The summed E-state index contributed by atoms with van der Waals surface area (Å²) in [4.78, 5) is 10.5. The first-order valence-electron chi connectivity index (χ1n) is 13.9. The lowest BCUT2D eigenvalue weighted by molar-refractivity contribution is -0.355. The first-order chi connectivity index (χ1) is 21.6. The van der Waals surface area contributed by atoms with Crippen LogP contribution in [0.4, 0.5) is 0 Å². The summed E-state index contributed by atoms with van der Waals surface area (Å²) >= 11 is 0. The van der Waals surface area contributed by atoms with E-state index in [4.69, 9.17) is 39.0 Å². The van der Waals surface area contributed by atoms with Gasteiger partial charge in [-0.15, -0.1) is 0 Å². The Hall–Kier alpha value is -1.17. The summed E-state index contributed by atoms with van der Waals surface area (Å²) in [5, 5.41) is 152. The van der Waals surface area contributed by atoms with Gasteiger partial charge in [0.2, 0.25) is 0 Å². The van der Waals surface area contributed by atoms with Crippen LogP contribution in [-0.2, 0) is 28.5 Å². The number of carbonyl (C=O) groups excluding carboxylic acids is 1. The van der Waals surface area contributed by atoms with Gasteiger partial charge in [-0.25, -0.2) is 0 Å². The van der Waals surface area contributed by atoms with Crippen LogP contribution in [0.2, 0.25) is 0 Å². The predicted molar refractivity (Wildman–Crippen MR) is 138 cm³/mol. The van der Waals surface area contributed by atoms with E-state index in [0.29, 0.717) is 0 Å². The highest BCUT2D eigenvalue weighted by Gasteiger charge is 2.50. The normalized spacial score (nSPS) is 44.3. The van der Waals surface area contributed by atoms with E-state index in [1.807, 2.05) is 0 Å². The Bertz CT molecular complexity index is 881. The summed E-state index contributed by atoms with van der Waals surface area (Å²) < 4.78 is 25.3. The molecule has 0 bridgehead atoms. The number of rotatable bonds is 12. The van der Waals surface area contributed by atoms with Gasteiger partial charge in [0.05, 0.1) is 26.4 Å². The number of aldehydes is 1. The number of hydrogen-bond acceptors (Lipinski definition) is 22. The topological polar surface area (TPSA) is 387 Å². The quantitative estimate of drug-likeness (QED) is 0.0848. The first-order valence-corrected chi connectivity index (χ1v) is 13.9. The molecule has 22 heteroatoms. The molecule has 0 aromatic heterocycles. The van der Waals surface area contributed by atoms with Crippen molar-refractivity contribution < 1.29 is 110 Å². The Balaban J connectivity index is 0.000000320. The predicted octanol–water partition coefficient (Wildman–Crippen LogP) is -11.0. The third kappa shape index (κ3) is 9.50. The lowest BCUT2D eigenvalue weighted by atomic mass is 9.97. The van der Waals surface area contributed by atoms with Gasteiger partial charge < -0.3 is 110 Å². The maximum Gasteiger partial charge on any atom is 0.187 e. The van der Waals surface area contributed by atoms with Crippen LogP contribution >= 0.6 is 0 Å². The molecule has 3 saturated heterocycles. The fraction of sp³-hybridized carbons (Fsp3) is 0.958. The molecule has 3 heterocycles. The van der Waals surface area contributed by atoms with Gasteiger partial charge in [0, 0.05) is 0 Å². The van der Waals surface area contributed by atoms with Crippen LogP contribution < -0.4 is 0 Å². The molecule has 22 nitrogen and oxygen atoms in total. The van der Waals surface area contributed by atoms with Crippen LogP contribution in [0.25, 0.3) is 0 Å². The Morgan fingerprint density at radius 1 is 0.587 bits per heavy atom. The standard InChI is InChI=1S/2C12H22O11/c13-1-3-5(15)6(16)9(19)12(22-3)23-10-4(2-14)21-11(20)8(18)7(10)17;13-1-4(16)7(18)11(5(17)2-14)23-12-10(21)9(20)8(19)6(3-15)22-12/h3-20H,1-2H2;1,4-12,14-21H,2-3H2/t3-,4-,5+,6+,7-,8-,9-,10-,11?,12+;4-,5+,6+,7+,8-,9-,10+,11+,12-/m10/s1. The highest BCUT2D eigenvalue weighted by molar-refractivity contribution is 5.56. The monoisotopic (exact) mass is 684 g/mol. The summed E-state index contributed by atoms with van der Waals surface area (Å²) in [7, 11) is 0. The molecule has 3 rings (SSSR count). The molecule has 3 aliphatic rings. The second-order valence-corrected chi connectivity index (χ2v) is 10.7. The molecule has 19 atom stereocenters. The van der Waals surface area contributed by atoms with Gasteiger partial charge in [-0.2, -0.15) is 0 Å². The van der Waals surface area contributed by atoms with Crippen LogP contribution in [0.1, 0.15) is 0 Å². The maximum absolute atomic E-state index is 10.5. The highest BCUT2D eigenvalue weighted by Crippen LogP contribution is 2.29. The minimum absolute atomic E-state index is 0.0294. The maximum atomic E-state index is 10.5. The molecule has 0 radical (unpaired) electrons. The molecular weight excluding hydrogens is 640 g/mol. The molecule has 0 amide bonds. The van der Waals surface area contributed by atoms with E-state index in [0.717, 1.165) is 0 Å². The second-order valence-electron chi connectivity index (χ2n) is 10.7. The molecule has 0 spiro atoms. The second kappa shape index (κ2) is 18.6. The molecular formula is C24H44O22. The summed E-state index contributed by atoms with van der Waals surface area (Å²) in [5.41, 5.74) is 0. The number of ether oxygens (including phenoxy) is 5. The van der Waals surface area contributed by atoms with Crippen LogP contribution in [0.5, 0.6) is 0 Å². The molecule has 46 heavy (non-hydrogen) atoms. The van der Waals surface area contributed by atoms with Crippen molar-refractivity contribution in [2.45, 2.75) is 117 Å². The van der Waals surface area contributed by atoms with E-state index in [1.165, 1.54) is 0 Å². The number of carbonyl (C=O) groups is 1. The van der Waals surface area contributed by atoms with E-state index in [1.54, 1.807) is 0 Å². The van der Waals surface area contributed by atoms with Crippen molar-refractivity contribution in [1.29, 1.82) is 0 Å². The fourth-order valence-electron chi connectivity index (χ4n) is 4.68. The van der Waals surface area contributed by atoms with Gasteiger partial charge in [0.15, 0.2) is 25.2 Å². The largest absolute Gasteiger partial charge is 0.394 e. The van der Waals surface area contributed by atoms with Crippen molar-refractivity contribution >= 4 is 6.29 Å². The van der Waals surface area contributed by atoms with E-state index in [2.05, 4.69) is 0 Å². The van der Waals surface area contributed by atoms with Crippen molar-refractivity contribution in [3.05, 3.63) is 0 Å². The molecule has 0 aromatic carbocycles. The minimum atomic E-state index is -1.97. The van der Waals surface area contributed by atoms with Crippen LogP contribution in [0, 0.1) is 0 Å². The zero-order chi connectivity index (χ0) is 35.0. The zero-order valence-electron chi connectivity index (χ0n) is 24.0. The van der Waals surface area contributed by atoms with Gasteiger partial charge in [-0.3, -0.25) is 0 Å². The number of aliphatic hydroxyl groups is 16. The lowest BCUT2D eigenvalue weighted by Crippen LogP contribution is -2.64. The Labute approximate surface area is 260 Å². The van der Waals surface area contributed by atoms with Gasteiger partial charge in [-0.1, -0.05) is 0 Å². The smallest absolute Gasteiger partial charge is 0.187 e. The van der Waals surface area contributed by atoms with Crippen molar-refractivity contribution in [1.82, 2.24) is 0 Å². The molecule has 16 N–H and O–H groups in total. The van der Waals surface area contributed by atoms with Crippen molar-refractivity contribution in [2.75, 3.05) is 26.4 Å². The minimum Gasteiger partial charge on any atom is -0.394 e. The highest BCUT2D eigenvalue weighted by atomic mass is 16.7. The molecule has 3 fully saturated rings. The van der Waals surface area contributed by atoms with E-state index in [9.17, 15) is 71.2 Å². The Morgan fingerprint density at radius 2 is 1.07 bits per heavy atom. The average Bonchev–Trinajstić information content (AvgIpc) is 3.06. The van der Waals surface area contributed by atoms with Crippen molar-refractivity contribution in [3.8, 4) is 0 Å². The fourth-order valence-corrected chi connectivity index (χ4v) is 4.68. The Morgan fingerprint density at radius 3 is 1.52 bits per heavy atom. The third-order valence-corrected chi connectivity index (χ3v) is 7.51. The molecule has 3 aliphatic heterocycles. The van der Waals surface area contributed by atoms with E-state index in [-0.39, 0.29) is 6.29 Å². The molecule has 0 saturated carbocycles. The average molecular weight is 685 g/mol. The van der Waals surface area contributed by atoms with Crippen molar-refractivity contribution in [3.63, 3.8) is 0 Å². The Kier molecular flexibility index (Phi) is 16.5. The molecule has 1 unspecified atom stereocenters. The number of aliphatic hydroxyl groups excluding tert-OH is 16. The van der Waals surface area contributed by atoms with Crippen LogP contribution in [-0.4, -0.2) is 231 Å². The summed E-state index contributed by atoms with van der Waals surface area (Å²) in [6.07, 6.45) is -31.3. The third-order valence-electron chi connectivity index (χ3n) is 7.51. The van der Waals surface area contributed by atoms with Crippen LogP contribution in [0.15, 0.2) is 0 Å². The van der Waals surface area contributed by atoms with Gasteiger partial charge >= 0.3 is 0 Å². The van der Waals surface area contributed by atoms with Gasteiger partial charge in [-0.05, 0) is 0 Å². The molecule has 0 aromatic rings. The number of hydrogen-bond donors (Lipinski definition) is 16. The molecule has 272 valence electrons. The van der Waals surface area contributed by atoms with Crippen molar-refractivity contribution in [2.24, 2.45) is 0 Å². The van der Waals surface area contributed by atoms with Gasteiger partial charge in [0.1, 0.15) is 97.7 Å². The van der Waals surface area contributed by atoms with E-state index < -0.39 is 143 Å². The SMILES string of the molecule is O=C[C@H](O)[C@@H](O)[C@H](O[C@@H]1O[C@H](CO)[C@H](O)[C@H](O)[C@H]1O)[C@H](O)CO.OC[C@H]1O[C@@H](O[C@H]2[C@H](O)[C@@H](O)C(O)O[C@@H]2CO)[C@H](O)[C@@H](O)[C@H]1O. The van der Waals surface area contributed by atoms with Crippen LogP contribution in [0.3, 0.4) is 0 Å². The zero-order valence-corrected chi connectivity index (χ0v) is 24.0. The summed E-state index contributed by atoms with van der Waals surface area (Å²) in [6, 6.07) is 0. The summed E-state index contributed by atoms with van der Waals surface area (Å²) in [5.74, 6) is 0. The first kappa shape index (κ1) is 41.0. The molecule has 0 aliphatic carbocycles. The summed E-state index contributed by atoms with van der Waals surface area (Å²) in [6.45, 7) is -2.98.